The van der Waals surface area contributed by atoms with Gasteiger partial charge in [-0.1, -0.05) is 0 Å². The molecular weight excluding hydrogens is 250 g/mol. The molecule has 18 heavy (non-hydrogen) atoms. The highest BCUT2D eigenvalue weighted by atomic mass is 32.1. The number of thiophene rings is 1. The number of hydrogen-bond donors (Lipinski definition) is 3. The number of hydrazine groups is 1. The van der Waals surface area contributed by atoms with Crippen molar-refractivity contribution in [1.82, 2.24) is 10.3 Å². The van der Waals surface area contributed by atoms with Gasteiger partial charge in [0.2, 0.25) is 0 Å². The molecule has 0 atom stereocenters. The molecule has 1 aromatic rings. The molecule has 1 amide bonds. The van der Waals surface area contributed by atoms with E-state index in [9.17, 15) is 9.90 Å². The lowest BCUT2D eigenvalue weighted by Crippen LogP contribution is -2.42. The third kappa shape index (κ3) is 3.08. The number of hydrogen-bond acceptors (Lipinski definition) is 5. The Hall–Kier alpha value is -0.950. The summed E-state index contributed by atoms with van der Waals surface area (Å²) >= 11 is 1.40. The fourth-order valence-corrected chi connectivity index (χ4v) is 2.98. The van der Waals surface area contributed by atoms with Gasteiger partial charge in [0.25, 0.3) is 5.91 Å². The molecule has 0 aromatic carbocycles. The van der Waals surface area contributed by atoms with Crippen molar-refractivity contribution < 1.29 is 9.90 Å². The number of amides is 1. The average Bonchev–Trinajstić information content (AvgIpc) is 2.79. The van der Waals surface area contributed by atoms with E-state index in [0.717, 1.165) is 38.0 Å². The van der Waals surface area contributed by atoms with Crippen molar-refractivity contribution in [2.75, 3.05) is 13.1 Å². The van der Waals surface area contributed by atoms with Gasteiger partial charge in [-0.2, -0.15) is 0 Å². The number of rotatable bonds is 3. The Balaban J connectivity index is 1.98. The molecule has 0 aliphatic carbocycles. The van der Waals surface area contributed by atoms with Gasteiger partial charge in [-0.15, -0.1) is 11.3 Å². The second kappa shape index (κ2) is 5.36. The van der Waals surface area contributed by atoms with E-state index < -0.39 is 5.60 Å². The number of nitrogen functional groups attached to an aromatic ring is 1. The van der Waals surface area contributed by atoms with E-state index in [2.05, 4.69) is 10.3 Å². The van der Waals surface area contributed by atoms with Gasteiger partial charge in [0, 0.05) is 19.6 Å². The van der Waals surface area contributed by atoms with Crippen molar-refractivity contribution in [1.29, 1.82) is 0 Å². The quantitative estimate of drug-likeness (QED) is 0.429. The predicted octanol–water partition coefficient (Wildman–Crippen LogP) is 0.698. The number of nitrogens with one attached hydrogen (secondary N) is 1. The van der Waals surface area contributed by atoms with Gasteiger partial charge in [-0.3, -0.25) is 15.1 Å². The minimum Gasteiger partial charge on any atom is -0.390 e. The maximum atomic E-state index is 11.6. The molecule has 1 aliphatic heterocycles. The molecule has 1 aromatic heterocycles. The zero-order chi connectivity index (χ0) is 13.2. The zero-order valence-electron chi connectivity index (χ0n) is 10.5. The Morgan fingerprint density at radius 1 is 1.61 bits per heavy atom. The van der Waals surface area contributed by atoms with E-state index in [1.807, 2.05) is 18.4 Å². The SMILES string of the molecule is CC1(O)CCN(Cc2ccsc2C(=O)NN)CC1. The van der Waals surface area contributed by atoms with E-state index in [-0.39, 0.29) is 5.91 Å². The summed E-state index contributed by atoms with van der Waals surface area (Å²) in [5, 5.41) is 11.8. The van der Waals surface area contributed by atoms with Gasteiger partial charge in [0.1, 0.15) is 0 Å². The van der Waals surface area contributed by atoms with Gasteiger partial charge in [-0.05, 0) is 36.8 Å². The van der Waals surface area contributed by atoms with Crippen LogP contribution in [0.1, 0.15) is 35.0 Å². The molecule has 2 rings (SSSR count). The van der Waals surface area contributed by atoms with Gasteiger partial charge in [0.05, 0.1) is 10.5 Å². The van der Waals surface area contributed by atoms with E-state index in [0.29, 0.717) is 4.88 Å². The van der Waals surface area contributed by atoms with Crippen LogP contribution in [0, 0.1) is 0 Å². The van der Waals surface area contributed by atoms with Crippen LogP contribution < -0.4 is 11.3 Å². The Morgan fingerprint density at radius 3 is 2.89 bits per heavy atom. The minimum absolute atomic E-state index is 0.232. The van der Waals surface area contributed by atoms with Crippen molar-refractivity contribution in [3.63, 3.8) is 0 Å². The molecule has 0 saturated carbocycles. The first-order chi connectivity index (χ1) is 8.52. The number of likely N-dealkylation sites (tertiary alicyclic amines) is 1. The Morgan fingerprint density at radius 2 is 2.28 bits per heavy atom. The molecule has 0 spiro atoms. The maximum Gasteiger partial charge on any atom is 0.275 e. The average molecular weight is 269 g/mol. The first kappa shape index (κ1) is 13.5. The molecule has 1 saturated heterocycles. The molecule has 2 heterocycles. The number of carbonyl (C=O) groups excluding carboxylic acids is 1. The summed E-state index contributed by atoms with van der Waals surface area (Å²) in [7, 11) is 0. The van der Waals surface area contributed by atoms with Crippen LogP contribution in [0.15, 0.2) is 11.4 Å². The number of aliphatic hydroxyl groups is 1. The van der Waals surface area contributed by atoms with Crippen LogP contribution in [-0.4, -0.2) is 34.6 Å². The van der Waals surface area contributed by atoms with Crippen LogP contribution in [0.2, 0.25) is 0 Å². The second-order valence-corrected chi connectivity index (χ2v) is 5.94. The molecule has 5 nitrogen and oxygen atoms in total. The molecular formula is C12H19N3O2S. The summed E-state index contributed by atoms with van der Waals surface area (Å²) in [4.78, 5) is 14.5. The van der Waals surface area contributed by atoms with E-state index in [1.54, 1.807) is 0 Å². The minimum atomic E-state index is -0.539. The van der Waals surface area contributed by atoms with Crippen LogP contribution in [0.4, 0.5) is 0 Å². The summed E-state index contributed by atoms with van der Waals surface area (Å²) in [6.07, 6.45) is 1.55. The fraction of sp³-hybridized carbons (Fsp3) is 0.583. The molecule has 0 radical (unpaired) electrons. The number of piperidine rings is 1. The summed E-state index contributed by atoms with van der Waals surface area (Å²) in [5.74, 6) is 4.93. The van der Waals surface area contributed by atoms with Crippen molar-refractivity contribution in [2.24, 2.45) is 5.84 Å². The van der Waals surface area contributed by atoms with Crippen molar-refractivity contribution >= 4 is 17.2 Å². The standard InChI is InChI=1S/C12H19N3O2S/c1-12(17)3-5-15(6-4-12)8-9-2-7-18-10(9)11(16)14-13/h2,7,17H,3-6,8,13H2,1H3,(H,14,16). The van der Waals surface area contributed by atoms with Crippen LogP contribution in [0.3, 0.4) is 0 Å². The van der Waals surface area contributed by atoms with Gasteiger partial charge in [0.15, 0.2) is 0 Å². The number of nitrogens with two attached hydrogens (primary N) is 1. The normalized spacial score (nSPS) is 19.7. The third-order valence-electron chi connectivity index (χ3n) is 3.41. The predicted molar refractivity (Wildman–Crippen MR) is 71.1 cm³/mol. The van der Waals surface area contributed by atoms with Crippen LogP contribution in [0.5, 0.6) is 0 Å². The maximum absolute atomic E-state index is 11.6. The molecule has 4 N–H and O–H groups in total. The Labute approximate surface area is 111 Å². The zero-order valence-corrected chi connectivity index (χ0v) is 11.3. The molecule has 0 unspecified atom stereocenters. The van der Waals surface area contributed by atoms with Gasteiger partial charge >= 0.3 is 0 Å². The van der Waals surface area contributed by atoms with E-state index >= 15 is 0 Å². The summed E-state index contributed by atoms with van der Waals surface area (Å²) in [6, 6.07) is 1.96. The smallest absolute Gasteiger partial charge is 0.275 e. The Bertz CT molecular complexity index is 421. The van der Waals surface area contributed by atoms with E-state index in [4.69, 9.17) is 5.84 Å². The fourth-order valence-electron chi connectivity index (χ4n) is 2.16. The molecule has 1 fully saturated rings. The lowest BCUT2D eigenvalue weighted by molar-refractivity contribution is -0.00733. The molecule has 1 aliphatic rings. The lowest BCUT2D eigenvalue weighted by atomic mass is 9.93. The molecule has 6 heteroatoms. The van der Waals surface area contributed by atoms with Gasteiger partial charge in [-0.25, -0.2) is 5.84 Å². The molecule has 0 bridgehead atoms. The summed E-state index contributed by atoms with van der Waals surface area (Å²) in [6.45, 7) is 4.32. The third-order valence-corrected chi connectivity index (χ3v) is 4.37. The van der Waals surface area contributed by atoms with Crippen molar-refractivity contribution in [3.8, 4) is 0 Å². The van der Waals surface area contributed by atoms with Crippen LogP contribution in [0.25, 0.3) is 0 Å². The molecule has 100 valence electrons. The summed E-state index contributed by atoms with van der Waals surface area (Å²) < 4.78 is 0. The highest BCUT2D eigenvalue weighted by Crippen LogP contribution is 2.24. The topological polar surface area (TPSA) is 78.6 Å². The second-order valence-electron chi connectivity index (χ2n) is 5.02. The lowest BCUT2D eigenvalue weighted by Gasteiger charge is -2.35. The monoisotopic (exact) mass is 269 g/mol. The number of carbonyl (C=O) groups is 1. The van der Waals surface area contributed by atoms with E-state index in [1.165, 1.54) is 11.3 Å². The summed E-state index contributed by atoms with van der Waals surface area (Å²) in [5.41, 5.74) is 2.64. The Kier molecular flexibility index (Phi) is 4.01. The largest absolute Gasteiger partial charge is 0.390 e. The highest BCUT2D eigenvalue weighted by Gasteiger charge is 2.27. The van der Waals surface area contributed by atoms with Crippen LogP contribution in [-0.2, 0) is 6.54 Å². The first-order valence-corrected chi connectivity index (χ1v) is 6.92. The van der Waals surface area contributed by atoms with Crippen LogP contribution >= 0.6 is 11.3 Å². The van der Waals surface area contributed by atoms with Gasteiger partial charge < -0.3 is 5.11 Å². The van der Waals surface area contributed by atoms with Crippen molar-refractivity contribution in [2.45, 2.75) is 31.9 Å². The van der Waals surface area contributed by atoms with Crippen molar-refractivity contribution in [3.05, 3.63) is 21.9 Å². The highest BCUT2D eigenvalue weighted by molar-refractivity contribution is 7.12. The number of nitrogens with zero attached hydrogens (tertiary/aromatic N) is 1. The first-order valence-electron chi connectivity index (χ1n) is 6.04.